The average molecular weight is 292 g/mol. The van der Waals surface area contributed by atoms with Gasteiger partial charge in [-0.05, 0) is 38.0 Å². The molecule has 3 aromatic heterocycles. The summed E-state index contributed by atoms with van der Waals surface area (Å²) < 4.78 is 1.82. The largest absolute Gasteiger partial charge is 0.356 e. The maximum atomic E-state index is 4.79. The summed E-state index contributed by atoms with van der Waals surface area (Å²) in [6, 6.07) is 6.09. The Labute approximate surface area is 127 Å². The molecule has 0 saturated heterocycles. The minimum Gasteiger partial charge on any atom is -0.356 e. The SMILES string of the molecule is CNc1ncc2c(-c3ccc4c(n3)CCC(C)=N4)ccn2n1. The van der Waals surface area contributed by atoms with E-state index >= 15 is 0 Å². The molecule has 110 valence electrons. The maximum absolute atomic E-state index is 4.79. The second kappa shape index (κ2) is 4.91. The van der Waals surface area contributed by atoms with E-state index in [0.717, 1.165) is 41.0 Å². The quantitative estimate of drug-likeness (QED) is 0.788. The lowest BCUT2D eigenvalue weighted by molar-refractivity contribution is 0.908. The van der Waals surface area contributed by atoms with Crippen LogP contribution < -0.4 is 5.32 Å². The topological polar surface area (TPSA) is 67.5 Å². The summed E-state index contributed by atoms with van der Waals surface area (Å²) in [5.41, 5.74) is 6.15. The number of pyridine rings is 1. The molecule has 0 amide bonds. The van der Waals surface area contributed by atoms with E-state index in [1.807, 2.05) is 35.1 Å². The van der Waals surface area contributed by atoms with Crippen LogP contribution in [-0.4, -0.2) is 32.3 Å². The highest BCUT2D eigenvalue weighted by molar-refractivity contribution is 5.87. The van der Waals surface area contributed by atoms with Gasteiger partial charge in [0.15, 0.2) is 0 Å². The minimum absolute atomic E-state index is 0.595. The van der Waals surface area contributed by atoms with E-state index in [0.29, 0.717) is 5.95 Å². The minimum atomic E-state index is 0.595. The van der Waals surface area contributed by atoms with Gasteiger partial charge in [0, 0.05) is 24.5 Å². The molecular weight excluding hydrogens is 276 g/mol. The van der Waals surface area contributed by atoms with Gasteiger partial charge in [0.1, 0.15) is 0 Å². The fourth-order valence-corrected chi connectivity index (χ4v) is 2.72. The van der Waals surface area contributed by atoms with Crippen LogP contribution in [0.25, 0.3) is 16.8 Å². The highest BCUT2D eigenvalue weighted by Gasteiger charge is 2.14. The molecule has 6 heteroatoms. The van der Waals surface area contributed by atoms with E-state index in [-0.39, 0.29) is 0 Å². The predicted molar refractivity (Wildman–Crippen MR) is 86.9 cm³/mol. The number of hydrogen-bond donors (Lipinski definition) is 1. The Kier molecular flexibility index (Phi) is 2.89. The first-order chi connectivity index (χ1) is 10.7. The highest BCUT2D eigenvalue weighted by atomic mass is 15.3. The van der Waals surface area contributed by atoms with E-state index in [9.17, 15) is 0 Å². The van der Waals surface area contributed by atoms with E-state index in [1.54, 1.807) is 7.05 Å². The average Bonchev–Trinajstić information content (AvgIpc) is 2.97. The molecule has 0 aromatic carbocycles. The molecule has 0 aliphatic carbocycles. The first-order valence-corrected chi connectivity index (χ1v) is 7.31. The van der Waals surface area contributed by atoms with Crippen molar-refractivity contribution < 1.29 is 0 Å². The Hall–Kier alpha value is -2.76. The zero-order valence-electron chi connectivity index (χ0n) is 12.5. The van der Waals surface area contributed by atoms with Crippen molar-refractivity contribution in [2.24, 2.45) is 4.99 Å². The van der Waals surface area contributed by atoms with Crippen molar-refractivity contribution >= 4 is 22.9 Å². The monoisotopic (exact) mass is 292 g/mol. The van der Waals surface area contributed by atoms with Gasteiger partial charge in [-0.3, -0.25) is 9.98 Å². The highest BCUT2D eigenvalue weighted by Crippen LogP contribution is 2.30. The number of nitrogens with zero attached hydrogens (tertiary/aromatic N) is 5. The van der Waals surface area contributed by atoms with Crippen LogP contribution in [0, 0.1) is 0 Å². The predicted octanol–water partition coefficient (Wildman–Crippen LogP) is 2.87. The molecule has 0 atom stereocenters. The molecule has 0 saturated carbocycles. The number of rotatable bonds is 2. The van der Waals surface area contributed by atoms with Crippen LogP contribution in [0.3, 0.4) is 0 Å². The summed E-state index contributed by atoms with van der Waals surface area (Å²) in [6.07, 6.45) is 5.67. The van der Waals surface area contributed by atoms with E-state index < -0.39 is 0 Å². The van der Waals surface area contributed by atoms with Crippen molar-refractivity contribution in [3.05, 3.63) is 36.3 Å². The third kappa shape index (κ3) is 2.04. The van der Waals surface area contributed by atoms with Crippen LogP contribution in [0.4, 0.5) is 11.6 Å². The number of anilines is 1. The van der Waals surface area contributed by atoms with Crippen LogP contribution in [-0.2, 0) is 6.42 Å². The lowest BCUT2D eigenvalue weighted by atomic mass is 10.1. The summed E-state index contributed by atoms with van der Waals surface area (Å²) in [4.78, 5) is 13.6. The fourth-order valence-electron chi connectivity index (χ4n) is 2.72. The molecule has 1 aliphatic heterocycles. The van der Waals surface area contributed by atoms with E-state index in [4.69, 9.17) is 4.98 Å². The Morgan fingerprint density at radius 1 is 1.18 bits per heavy atom. The number of aliphatic imine (C=N–C) groups is 1. The maximum Gasteiger partial charge on any atom is 0.240 e. The number of aromatic nitrogens is 4. The number of fused-ring (bicyclic) bond motifs is 2. The number of aryl methyl sites for hydroxylation is 1. The second-order valence-electron chi connectivity index (χ2n) is 5.40. The van der Waals surface area contributed by atoms with Crippen molar-refractivity contribution in [2.75, 3.05) is 12.4 Å². The third-order valence-electron chi connectivity index (χ3n) is 3.90. The van der Waals surface area contributed by atoms with Crippen molar-refractivity contribution in [2.45, 2.75) is 19.8 Å². The Morgan fingerprint density at radius 2 is 2.09 bits per heavy atom. The second-order valence-corrected chi connectivity index (χ2v) is 5.40. The van der Waals surface area contributed by atoms with Gasteiger partial charge >= 0.3 is 0 Å². The molecule has 0 spiro atoms. The van der Waals surface area contributed by atoms with Gasteiger partial charge in [-0.2, -0.15) is 0 Å². The number of nitrogens with one attached hydrogen (secondary N) is 1. The van der Waals surface area contributed by atoms with Gasteiger partial charge in [0.05, 0.1) is 28.8 Å². The molecule has 0 unspecified atom stereocenters. The summed E-state index contributed by atoms with van der Waals surface area (Å²) in [7, 11) is 1.80. The molecule has 1 N–H and O–H groups in total. The summed E-state index contributed by atoms with van der Waals surface area (Å²) >= 11 is 0. The van der Waals surface area contributed by atoms with Crippen molar-refractivity contribution in [1.82, 2.24) is 19.6 Å². The van der Waals surface area contributed by atoms with Gasteiger partial charge in [0.25, 0.3) is 0 Å². The first kappa shape index (κ1) is 12.9. The zero-order chi connectivity index (χ0) is 15.1. The molecular formula is C16H16N6. The zero-order valence-corrected chi connectivity index (χ0v) is 12.5. The standard InChI is InChI=1S/C16H16N6/c1-10-3-4-14-13(19-10)6-5-12(20-14)11-7-8-22-15(11)9-18-16(17-2)21-22/h5-9H,3-4H2,1-2H3,(H,17,21). The third-order valence-corrected chi connectivity index (χ3v) is 3.90. The molecule has 1 aliphatic rings. The smallest absolute Gasteiger partial charge is 0.240 e. The molecule has 0 radical (unpaired) electrons. The summed E-state index contributed by atoms with van der Waals surface area (Å²) in [6.45, 7) is 2.06. The summed E-state index contributed by atoms with van der Waals surface area (Å²) in [5.74, 6) is 0.595. The van der Waals surface area contributed by atoms with Gasteiger partial charge in [0.2, 0.25) is 5.95 Å². The van der Waals surface area contributed by atoms with Gasteiger partial charge in [-0.1, -0.05) is 0 Å². The van der Waals surface area contributed by atoms with Crippen molar-refractivity contribution in [3.63, 3.8) is 0 Å². The van der Waals surface area contributed by atoms with Gasteiger partial charge in [-0.15, -0.1) is 5.10 Å². The van der Waals surface area contributed by atoms with Crippen LogP contribution in [0.15, 0.2) is 35.6 Å². The van der Waals surface area contributed by atoms with Crippen LogP contribution in [0.5, 0.6) is 0 Å². The molecule has 6 nitrogen and oxygen atoms in total. The molecule has 4 rings (SSSR count). The summed E-state index contributed by atoms with van der Waals surface area (Å²) in [5, 5.41) is 7.32. The first-order valence-electron chi connectivity index (χ1n) is 7.31. The van der Waals surface area contributed by atoms with E-state index in [2.05, 4.69) is 27.3 Å². The molecule has 4 heterocycles. The molecule has 0 fully saturated rings. The van der Waals surface area contributed by atoms with Crippen LogP contribution in [0.2, 0.25) is 0 Å². The van der Waals surface area contributed by atoms with E-state index in [1.165, 1.54) is 5.71 Å². The van der Waals surface area contributed by atoms with Crippen molar-refractivity contribution in [3.8, 4) is 11.3 Å². The molecule has 3 aromatic rings. The molecule has 0 bridgehead atoms. The lowest BCUT2D eigenvalue weighted by Crippen LogP contribution is -2.04. The van der Waals surface area contributed by atoms with Crippen LogP contribution in [0.1, 0.15) is 19.0 Å². The van der Waals surface area contributed by atoms with Crippen LogP contribution >= 0.6 is 0 Å². The Bertz CT molecular complexity index is 893. The lowest BCUT2D eigenvalue weighted by Gasteiger charge is -2.13. The molecule has 22 heavy (non-hydrogen) atoms. The van der Waals surface area contributed by atoms with Gasteiger partial charge < -0.3 is 5.32 Å². The fraction of sp³-hybridized carbons (Fsp3) is 0.250. The van der Waals surface area contributed by atoms with Crippen molar-refractivity contribution in [1.29, 1.82) is 0 Å². The Morgan fingerprint density at radius 3 is 2.95 bits per heavy atom. The number of hydrogen-bond acceptors (Lipinski definition) is 5. The van der Waals surface area contributed by atoms with Gasteiger partial charge in [-0.25, -0.2) is 9.50 Å². The normalized spacial score (nSPS) is 13.8. The Balaban J connectivity index is 1.82.